The molecule has 0 bridgehead atoms. The topological polar surface area (TPSA) is 0 Å². The summed E-state index contributed by atoms with van der Waals surface area (Å²) >= 11 is 7.64. The number of alkyl halides is 1. The number of hydrogen-bond donors (Lipinski definition) is 0. The zero-order valence-corrected chi connectivity index (χ0v) is 10.1. The van der Waals surface area contributed by atoms with E-state index >= 15 is 0 Å². The molecule has 0 nitrogen and oxygen atoms in total. The van der Waals surface area contributed by atoms with Crippen LogP contribution in [0.5, 0.6) is 0 Å². The molecule has 2 aromatic rings. The average Bonchev–Trinajstić information content (AvgIpc) is 2.75. The van der Waals surface area contributed by atoms with E-state index in [1.807, 2.05) is 16.8 Å². The second-order valence-corrected chi connectivity index (χ2v) is 4.76. The summed E-state index contributed by atoms with van der Waals surface area (Å²) in [6.07, 6.45) is 0. The Balaban J connectivity index is 2.44. The van der Waals surface area contributed by atoms with E-state index in [-0.39, 0.29) is 0 Å². The molecule has 2 rings (SSSR count). The van der Waals surface area contributed by atoms with Crippen LogP contribution in [0.2, 0.25) is 0 Å². The van der Waals surface area contributed by atoms with Crippen LogP contribution in [-0.2, 0) is 0 Å². The molecule has 0 saturated carbocycles. The van der Waals surface area contributed by atoms with Crippen molar-refractivity contribution in [1.29, 1.82) is 0 Å². The highest BCUT2D eigenvalue weighted by atomic mass is 35.5. The predicted octanol–water partition coefficient (Wildman–Crippen LogP) is 4.66. The summed E-state index contributed by atoms with van der Waals surface area (Å²) in [4.78, 5) is 0. The van der Waals surface area contributed by atoms with E-state index in [2.05, 4.69) is 0 Å². The van der Waals surface area contributed by atoms with Crippen molar-refractivity contribution < 1.29 is 8.78 Å². The number of halogens is 3. The standard InChI is InChI=1S/C12H9ClF2S/c1-7-4-9(11(15)5-10(7)14)12(13)8-2-3-16-6-8/h2-6,12H,1H3. The average molecular weight is 259 g/mol. The zero-order chi connectivity index (χ0) is 11.7. The Morgan fingerprint density at radius 3 is 2.62 bits per heavy atom. The van der Waals surface area contributed by atoms with E-state index < -0.39 is 17.0 Å². The van der Waals surface area contributed by atoms with Gasteiger partial charge in [-0.2, -0.15) is 11.3 Å². The smallest absolute Gasteiger partial charge is 0.131 e. The highest BCUT2D eigenvalue weighted by Crippen LogP contribution is 2.32. The van der Waals surface area contributed by atoms with Gasteiger partial charge in [0, 0.05) is 11.6 Å². The first-order valence-corrected chi connectivity index (χ1v) is 6.09. The highest BCUT2D eigenvalue weighted by molar-refractivity contribution is 7.08. The third-order valence-corrected chi connectivity index (χ3v) is 3.58. The van der Waals surface area contributed by atoms with Gasteiger partial charge < -0.3 is 0 Å². The van der Waals surface area contributed by atoms with Gasteiger partial charge in [0.25, 0.3) is 0 Å². The van der Waals surface area contributed by atoms with Crippen molar-refractivity contribution in [2.45, 2.75) is 12.3 Å². The van der Waals surface area contributed by atoms with Crippen molar-refractivity contribution in [3.8, 4) is 0 Å². The maximum Gasteiger partial charge on any atom is 0.131 e. The number of benzene rings is 1. The molecule has 4 heteroatoms. The summed E-state index contributed by atoms with van der Waals surface area (Å²) in [7, 11) is 0. The van der Waals surface area contributed by atoms with Gasteiger partial charge in [-0.1, -0.05) is 0 Å². The van der Waals surface area contributed by atoms with Crippen LogP contribution >= 0.6 is 22.9 Å². The lowest BCUT2D eigenvalue weighted by molar-refractivity contribution is 0.568. The Morgan fingerprint density at radius 1 is 1.25 bits per heavy atom. The Labute approximate surface area is 101 Å². The molecule has 0 radical (unpaired) electrons. The molecule has 0 aliphatic heterocycles. The van der Waals surface area contributed by atoms with Gasteiger partial charge in [-0.15, -0.1) is 11.6 Å². The molecule has 1 heterocycles. The van der Waals surface area contributed by atoms with Crippen LogP contribution in [0.1, 0.15) is 22.1 Å². The first-order chi connectivity index (χ1) is 7.59. The highest BCUT2D eigenvalue weighted by Gasteiger charge is 2.17. The van der Waals surface area contributed by atoms with Gasteiger partial charge >= 0.3 is 0 Å². The maximum atomic E-state index is 13.6. The lowest BCUT2D eigenvalue weighted by atomic mass is 10.0. The lowest BCUT2D eigenvalue weighted by Crippen LogP contribution is -1.98. The van der Waals surface area contributed by atoms with Gasteiger partial charge in [-0.05, 0) is 40.9 Å². The van der Waals surface area contributed by atoms with Crippen molar-refractivity contribution in [3.63, 3.8) is 0 Å². The second-order valence-electron chi connectivity index (χ2n) is 3.54. The van der Waals surface area contributed by atoms with Crippen LogP contribution in [0, 0.1) is 18.6 Å². The van der Waals surface area contributed by atoms with E-state index in [0.717, 1.165) is 11.6 Å². The fourth-order valence-electron chi connectivity index (χ4n) is 1.47. The van der Waals surface area contributed by atoms with E-state index in [4.69, 9.17) is 11.6 Å². The fourth-order valence-corrected chi connectivity index (χ4v) is 2.54. The van der Waals surface area contributed by atoms with E-state index in [1.165, 1.54) is 17.4 Å². The minimum atomic E-state index is -0.602. The Bertz CT molecular complexity index is 494. The number of thiophene rings is 1. The largest absolute Gasteiger partial charge is 0.207 e. The number of aryl methyl sites for hydroxylation is 1. The van der Waals surface area contributed by atoms with Gasteiger partial charge in [0.1, 0.15) is 11.6 Å². The molecule has 1 unspecified atom stereocenters. The molecular weight excluding hydrogens is 250 g/mol. The molecule has 0 spiro atoms. The van der Waals surface area contributed by atoms with Gasteiger partial charge in [0.05, 0.1) is 5.38 Å². The molecule has 16 heavy (non-hydrogen) atoms. The second kappa shape index (κ2) is 4.52. The number of rotatable bonds is 2. The molecule has 0 N–H and O–H groups in total. The summed E-state index contributed by atoms with van der Waals surface area (Å²) in [5, 5.41) is 3.17. The molecule has 1 atom stereocenters. The predicted molar refractivity (Wildman–Crippen MR) is 63.1 cm³/mol. The maximum absolute atomic E-state index is 13.6. The van der Waals surface area contributed by atoms with Crippen molar-refractivity contribution in [2.75, 3.05) is 0 Å². The third-order valence-electron chi connectivity index (χ3n) is 2.39. The molecule has 1 aromatic heterocycles. The van der Waals surface area contributed by atoms with Crippen LogP contribution in [0.4, 0.5) is 8.78 Å². The van der Waals surface area contributed by atoms with E-state index in [0.29, 0.717) is 11.1 Å². The summed E-state index contributed by atoms with van der Waals surface area (Å²) in [6, 6.07) is 4.17. The minimum Gasteiger partial charge on any atom is -0.207 e. The monoisotopic (exact) mass is 258 g/mol. The normalized spacial score (nSPS) is 12.8. The summed E-state index contributed by atoms with van der Waals surface area (Å²) in [5.74, 6) is -1.15. The molecule has 84 valence electrons. The minimum absolute atomic E-state index is 0.318. The molecular formula is C12H9ClF2S. The Hall–Kier alpha value is -0.930. The van der Waals surface area contributed by atoms with Gasteiger partial charge in [0.15, 0.2) is 0 Å². The van der Waals surface area contributed by atoms with Crippen molar-refractivity contribution in [2.24, 2.45) is 0 Å². The first-order valence-electron chi connectivity index (χ1n) is 4.71. The molecule has 1 aromatic carbocycles. The molecule has 0 saturated heterocycles. The van der Waals surface area contributed by atoms with Gasteiger partial charge in [0.2, 0.25) is 0 Å². The fraction of sp³-hybridized carbons (Fsp3) is 0.167. The lowest BCUT2D eigenvalue weighted by Gasteiger charge is -2.10. The van der Waals surface area contributed by atoms with Crippen LogP contribution in [0.3, 0.4) is 0 Å². The molecule has 0 amide bonds. The third kappa shape index (κ3) is 2.11. The molecule has 0 aliphatic rings. The molecule has 0 aliphatic carbocycles. The Kier molecular flexibility index (Phi) is 3.26. The van der Waals surface area contributed by atoms with Gasteiger partial charge in [-0.25, -0.2) is 8.78 Å². The van der Waals surface area contributed by atoms with Crippen LogP contribution in [0.25, 0.3) is 0 Å². The van der Waals surface area contributed by atoms with E-state index in [9.17, 15) is 8.78 Å². The Morgan fingerprint density at radius 2 is 2.00 bits per heavy atom. The van der Waals surface area contributed by atoms with Crippen molar-refractivity contribution in [3.05, 3.63) is 57.3 Å². The van der Waals surface area contributed by atoms with Crippen molar-refractivity contribution >= 4 is 22.9 Å². The SMILES string of the molecule is Cc1cc(C(Cl)c2ccsc2)c(F)cc1F. The summed E-state index contributed by atoms with van der Waals surface area (Å²) in [5.41, 5.74) is 1.55. The number of hydrogen-bond acceptors (Lipinski definition) is 1. The summed E-state index contributed by atoms with van der Waals surface area (Å²) in [6.45, 7) is 1.59. The van der Waals surface area contributed by atoms with Crippen molar-refractivity contribution in [1.82, 2.24) is 0 Å². The van der Waals surface area contributed by atoms with E-state index in [1.54, 1.807) is 6.92 Å². The molecule has 0 fully saturated rings. The van der Waals surface area contributed by atoms with Crippen LogP contribution < -0.4 is 0 Å². The quantitative estimate of drug-likeness (QED) is 0.687. The first kappa shape index (κ1) is 11.6. The van der Waals surface area contributed by atoms with Gasteiger partial charge in [-0.3, -0.25) is 0 Å². The van der Waals surface area contributed by atoms with Crippen LogP contribution in [-0.4, -0.2) is 0 Å². The summed E-state index contributed by atoms with van der Waals surface area (Å²) < 4.78 is 26.6. The zero-order valence-electron chi connectivity index (χ0n) is 8.51. The van der Waals surface area contributed by atoms with Crippen LogP contribution in [0.15, 0.2) is 29.0 Å².